The van der Waals surface area contributed by atoms with Crippen molar-refractivity contribution < 1.29 is 14.3 Å². The normalized spacial score (nSPS) is 14.8. The molecule has 0 aliphatic rings. The number of ether oxygens (including phenoxy) is 2. The van der Waals surface area contributed by atoms with E-state index in [9.17, 15) is 4.79 Å². The van der Waals surface area contributed by atoms with Gasteiger partial charge in [0.05, 0.1) is 25.9 Å². The van der Waals surface area contributed by atoms with E-state index in [1.165, 1.54) is 0 Å². The molecular formula is C21H26O3. The summed E-state index contributed by atoms with van der Waals surface area (Å²) in [5, 5.41) is 0. The second-order valence-electron chi connectivity index (χ2n) is 6.23. The Morgan fingerprint density at radius 1 is 0.875 bits per heavy atom. The highest BCUT2D eigenvalue weighted by atomic mass is 16.5. The third-order valence-electron chi connectivity index (χ3n) is 4.07. The number of carbonyl (C=O) groups is 1. The van der Waals surface area contributed by atoms with Gasteiger partial charge < -0.3 is 14.3 Å². The number of carbonyl (C=O) groups excluding carboxylic acids is 1. The highest BCUT2D eigenvalue weighted by Gasteiger charge is 2.24. The summed E-state index contributed by atoms with van der Waals surface area (Å²) in [4.78, 5) is 11.2. The lowest BCUT2D eigenvalue weighted by Gasteiger charge is -2.27. The minimum Gasteiger partial charge on any atom is -0.376 e. The first-order chi connectivity index (χ1) is 11.7. The maximum absolute atomic E-state index is 11.2. The molecule has 3 nitrogen and oxygen atoms in total. The van der Waals surface area contributed by atoms with Gasteiger partial charge in [-0.05, 0) is 11.1 Å². The van der Waals surface area contributed by atoms with Gasteiger partial charge in [-0.1, -0.05) is 74.5 Å². The average Bonchev–Trinajstić information content (AvgIpc) is 2.63. The summed E-state index contributed by atoms with van der Waals surface area (Å²) in [5.74, 6) is -0.0262. The first kappa shape index (κ1) is 18.4. The van der Waals surface area contributed by atoms with Gasteiger partial charge in [0.25, 0.3) is 0 Å². The van der Waals surface area contributed by atoms with E-state index in [2.05, 4.69) is 6.92 Å². The fourth-order valence-electron chi connectivity index (χ4n) is 2.71. The molecule has 0 aliphatic heterocycles. The van der Waals surface area contributed by atoms with Crippen molar-refractivity contribution in [2.45, 2.75) is 33.2 Å². The molecule has 0 radical (unpaired) electrons. The van der Waals surface area contributed by atoms with Crippen LogP contribution in [0.25, 0.3) is 0 Å². The minimum atomic E-state index is -0.163. The van der Waals surface area contributed by atoms with E-state index in [1.54, 1.807) is 0 Å². The largest absolute Gasteiger partial charge is 0.376 e. The number of hydrogen-bond acceptors (Lipinski definition) is 3. The van der Waals surface area contributed by atoms with Crippen LogP contribution in [-0.4, -0.2) is 19.0 Å². The second kappa shape index (κ2) is 10.0. The topological polar surface area (TPSA) is 35.5 Å². The molecule has 2 rings (SSSR count). The van der Waals surface area contributed by atoms with E-state index in [0.29, 0.717) is 19.8 Å². The molecule has 0 saturated heterocycles. The Bertz CT molecular complexity index is 583. The SMILES string of the molecule is C[C@@H](C=O)[C@@H](OCc1ccccc1)[C@@H](C)COCc1ccccc1. The van der Waals surface area contributed by atoms with Crippen LogP contribution in [0.1, 0.15) is 25.0 Å². The van der Waals surface area contributed by atoms with E-state index in [-0.39, 0.29) is 17.9 Å². The van der Waals surface area contributed by atoms with Crippen LogP contribution in [-0.2, 0) is 27.5 Å². The molecule has 0 unspecified atom stereocenters. The van der Waals surface area contributed by atoms with Gasteiger partial charge in [-0.25, -0.2) is 0 Å². The van der Waals surface area contributed by atoms with Crippen LogP contribution in [0.3, 0.4) is 0 Å². The molecule has 0 N–H and O–H groups in total. The standard InChI is InChI=1S/C21H26O3/c1-17(13-22)21(24-16-20-11-7-4-8-12-20)18(2)14-23-15-19-9-5-3-6-10-19/h3-13,17-18,21H,14-16H2,1-2H3/t17-,18-,21+/m0/s1. The zero-order valence-electron chi connectivity index (χ0n) is 14.4. The van der Waals surface area contributed by atoms with Gasteiger partial charge in [0.1, 0.15) is 6.29 Å². The summed E-state index contributed by atoms with van der Waals surface area (Å²) in [5.41, 5.74) is 2.26. The van der Waals surface area contributed by atoms with Crippen LogP contribution in [0.5, 0.6) is 0 Å². The molecule has 0 aromatic heterocycles. The highest BCUT2D eigenvalue weighted by molar-refractivity contribution is 5.53. The summed E-state index contributed by atoms with van der Waals surface area (Å²) in [6.45, 7) is 5.61. The summed E-state index contributed by atoms with van der Waals surface area (Å²) in [6.07, 6.45) is 0.807. The Labute approximate surface area is 144 Å². The zero-order chi connectivity index (χ0) is 17.2. The molecule has 2 aromatic carbocycles. The van der Waals surface area contributed by atoms with Crippen molar-refractivity contribution in [3.8, 4) is 0 Å². The van der Waals surface area contributed by atoms with Crippen molar-refractivity contribution in [2.24, 2.45) is 11.8 Å². The zero-order valence-corrected chi connectivity index (χ0v) is 14.4. The van der Waals surface area contributed by atoms with E-state index < -0.39 is 0 Å². The number of hydrogen-bond donors (Lipinski definition) is 0. The maximum atomic E-state index is 11.2. The molecule has 3 atom stereocenters. The summed E-state index contributed by atoms with van der Waals surface area (Å²) in [6, 6.07) is 20.1. The second-order valence-corrected chi connectivity index (χ2v) is 6.23. The molecule has 128 valence electrons. The molecule has 3 heteroatoms. The molecule has 2 aromatic rings. The Balaban J connectivity index is 1.85. The predicted octanol–water partition coefficient (Wildman–Crippen LogP) is 4.26. The van der Waals surface area contributed by atoms with E-state index in [4.69, 9.17) is 9.47 Å². The number of benzene rings is 2. The van der Waals surface area contributed by atoms with Gasteiger partial charge in [-0.2, -0.15) is 0 Å². The van der Waals surface area contributed by atoms with Crippen LogP contribution in [0.4, 0.5) is 0 Å². The van der Waals surface area contributed by atoms with Gasteiger partial charge in [-0.3, -0.25) is 0 Å². The molecule has 0 fully saturated rings. The molecule has 0 bridgehead atoms. The number of rotatable bonds is 10. The molecular weight excluding hydrogens is 300 g/mol. The van der Waals surface area contributed by atoms with Crippen molar-refractivity contribution in [3.05, 3.63) is 71.8 Å². The Morgan fingerprint density at radius 3 is 1.96 bits per heavy atom. The Hall–Kier alpha value is -1.97. The third kappa shape index (κ3) is 5.91. The van der Waals surface area contributed by atoms with Gasteiger partial charge in [0, 0.05) is 11.8 Å². The van der Waals surface area contributed by atoms with Crippen LogP contribution >= 0.6 is 0 Å². The van der Waals surface area contributed by atoms with Crippen LogP contribution in [0.15, 0.2) is 60.7 Å². The van der Waals surface area contributed by atoms with Gasteiger partial charge in [-0.15, -0.1) is 0 Å². The predicted molar refractivity (Wildman–Crippen MR) is 95.5 cm³/mol. The lowest BCUT2D eigenvalue weighted by Crippen LogP contribution is -2.32. The van der Waals surface area contributed by atoms with Gasteiger partial charge in [0.15, 0.2) is 0 Å². The van der Waals surface area contributed by atoms with Gasteiger partial charge >= 0.3 is 0 Å². The van der Waals surface area contributed by atoms with E-state index in [1.807, 2.05) is 67.6 Å². The van der Waals surface area contributed by atoms with Crippen molar-refractivity contribution in [1.29, 1.82) is 0 Å². The molecule has 0 spiro atoms. The molecule has 0 saturated carbocycles. The minimum absolute atomic E-state index is 0.137. The average molecular weight is 326 g/mol. The molecule has 0 amide bonds. The first-order valence-corrected chi connectivity index (χ1v) is 8.43. The summed E-state index contributed by atoms with van der Waals surface area (Å²) < 4.78 is 11.8. The van der Waals surface area contributed by atoms with Crippen molar-refractivity contribution in [1.82, 2.24) is 0 Å². The molecule has 0 aliphatic carbocycles. The lowest BCUT2D eigenvalue weighted by atomic mass is 9.94. The fourth-order valence-corrected chi connectivity index (χ4v) is 2.71. The monoisotopic (exact) mass is 326 g/mol. The Kier molecular flexibility index (Phi) is 7.66. The third-order valence-corrected chi connectivity index (χ3v) is 4.07. The summed E-state index contributed by atoms with van der Waals surface area (Å²) in [7, 11) is 0. The first-order valence-electron chi connectivity index (χ1n) is 8.43. The van der Waals surface area contributed by atoms with Crippen molar-refractivity contribution in [3.63, 3.8) is 0 Å². The Morgan fingerprint density at radius 2 is 1.42 bits per heavy atom. The van der Waals surface area contributed by atoms with Crippen molar-refractivity contribution in [2.75, 3.05) is 6.61 Å². The van der Waals surface area contributed by atoms with Crippen molar-refractivity contribution >= 4 is 6.29 Å². The summed E-state index contributed by atoms with van der Waals surface area (Å²) >= 11 is 0. The van der Waals surface area contributed by atoms with Crippen LogP contribution in [0.2, 0.25) is 0 Å². The fraction of sp³-hybridized carbons (Fsp3) is 0.381. The molecule has 0 heterocycles. The smallest absolute Gasteiger partial charge is 0.125 e. The lowest BCUT2D eigenvalue weighted by molar-refractivity contribution is -0.119. The van der Waals surface area contributed by atoms with E-state index >= 15 is 0 Å². The van der Waals surface area contributed by atoms with Crippen LogP contribution < -0.4 is 0 Å². The number of aldehydes is 1. The maximum Gasteiger partial charge on any atom is 0.125 e. The molecule has 24 heavy (non-hydrogen) atoms. The van der Waals surface area contributed by atoms with Gasteiger partial charge in [0.2, 0.25) is 0 Å². The highest BCUT2D eigenvalue weighted by Crippen LogP contribution is 2.19. The van der Waals surface area contributed by atoms with Crippen LogP contribution in [0, 0.1) is 11.8 Å². The van der Waals surface area contributed by atoms with E-state index in [0.717, 1.165) is 17.4 Å². The quantitative estimate of drug-likeness (QED) is 0.612.